The van der Waals surface area contributed by atoms with Crippen LogP contribution in [0.3, 0.4) is 0 Å². The molecule has 0 aliphatic carbocycles. The van der Waals surface area contributed by atoms with Crippen LogP contribution in [-0.4, -0.2) is 18.0 Å². The minimum atomic E-state index is -1.08. The summed E-state index contributed by atoms with van der Waals surface area (Å²) >= 11 is 0. The van der Waals surface area contributed by atoms with Crippen LogP contribution in [0.5, 0.6) is 11.5 Å². The van der Waals surface area contributed by atoms with E-state index in [9.17, 15) is 12.3 Å². The molecular weight excluding hydrogens is 1440 g/mol. The van der Waals surface area contributed by atoms with Gasteiger partial charge in [0.05, 0.1) is 43.2 Å². The zero-order chi connectivity index (χ0) is 88.6. The van der Waals surface area contributed by atoms with Gasteiger partial charge in [-0.25, -0.2) is 0 Å². The van der Waals surface area contributed by atoms with Gasteiger partial charge in [-0.15, -0.1) is 0 Å². The first-order valence-corrected chi connectivity index (χ1v) is 40.5. The highest BCUT2D eigenvalue weighted by molar-refractivity contribution is 7.03. The van der Waals surface area contributed by atoms with Crippen LogP contribution in [0.25, 0.3) is 117 Å². The zero-order valence-corrected chi connectivity index (χ0v) is 65.3. The van der Waals surface area contributed by atoms with E-state index in [4.69, 9.17) is 7.48 Å². The Hall–Kier alpha value is -14.9. The molecule has 558 valence electrons. The van der Waals surface area contributed by atoms with Crippen molar-refractivity contribution in [2.24, 2.45) is 0 Å². The average Bonchev–Trinajstić information content (AvgIpc) is 0.680. The largest absolute Gasteiger partial charge is 0.459 e. The highest BCUT2D eigenvalue weighted by Crippen LogP contribution is 2.58. The van der Waals surface area contributed by atoms with Gasteiger partial charge in [-0.05, 0) is 148 Å². The van der Waals surface area contributed by atoms with E-state index < -0.39 is 79.3 Å². The first-order valence-electron chi connectivity index (χ1n) is 46.0. The molecular formula is C112H78B2N4O. The molecule has 0 saturated carbocycles. The molecule has 23 rings (SSSR count). The summed E-state index contributed by atoms with van der Waals surface area (Å²) in [7, 11) is 0. The van der Waals surface area contributed by atoms with Crippen LogP contribution in [0, 0.1) is 0 Å². The number of aromatic nitrogens is 1. The van der Waals surface area contributed by atoms with Crippen LogP contribution in [0.15, 0.2) is 418 Å². The Bertz CT molecular complexity index is 7700. The van der Waals surface area contributed by atoms with E-state index in [1.54, 1.807) is 0 Å². The van der Waals surface area contributed by atoms with Crippen molar-refractivity contribution in [2.75, 3.05) is 14.7 Å². The summed E-state index contributed by atoms with van der Waals surface area (Å²) in [6, 6.07) is 118. The summed E-state index contributed by atoms with van der Waals surface area (Å²) in [5.41, 5.74) is 26.0. The number of hydrogen-bond acceptors (Lipinski definition) is 4. The summed E-state index contributed by atoms with van der Waals surface area (Å²) in [4.78, 5) is 7.43. The lowest BCUT2D eigenvalue weighted by molar-refractivity contribution is 0.491. The summed E-state index contributed by atoms with van der Waals surface area (Å²) in [5, 5.41) is -0.474. The van der Waals surface area contributed by atoms with Crippen molar-refractivity contribution in [1.29, 1.82) is 0 Å². The van der Waals surface area contributed by atoms with Gasteiger partial charge in [0.25, 0.3) is 13.4 Å². The van der Waals surface area contributed by atoms with Gasteiger partial charge in [-0.1, -0.05) is 385 Å². The van der Waals surface area contributed by atoms with Crippen LogP contribution < -0.4 is 52.2 Å². The molecule has 0 radical (unpaired) electrons. The Morgan fingerprint density at radius 1 is 0.277 bits per heavy atom. The van der Waals surface area contributed by atoms with Gasteiger partial charge >= 0.3 is 0 Å². The molecule has 19 aromatic rings. The molecule has 0 N–H and O–H groups in total. The first-order chi connectivity index (χ1) is 63.3. The Balaban J connectivity index is 0.953. The lowest BCUT2D eigenvalue weighted by atomic mass is 9.30. The maximum absolute atomic E-state index is 11.6. The monoisotopic (exact) mass is 1530 g/mol. The zero-order valence-electron chi connectivity index (χ0n) is 76.3. The minimum Gasteiger partial charge on any atom is -0.459 e. The van der Waals surface area contributed by atoms with Crippen molar-refractivity contribution in [3.05, 3.63) is 424 Å². The third-order valence-corrected chi connectivity index (χ3v) is 24.4. The quantitative estimate of drug-likeness (QED) is 0.114. The van der Waals surface area contributed by atoms with E-state index in [2.05, 4.69) is 339 Å². The molecule has 0 amide bonds. The van der Waals surface area contributed by atoms with E-state index in [1.807, 2.05) is 48.5 Å². The fourth-order valence-corrected chi connectivity index (χ4v) is 19.0. The molecule has 119 heavy (non-hydrogen) atoms. The number of para-hydroxylation sites is 5. The molecule has 1 aromatic heterocycles. The molecule has 4 aliphatic rings. The molecule has 18 aromatic carbocycles. The molecule has 5 nitrogen and oxygen atoms in total. The minimum absolute atomic E-state index is 0.139. The summed E-state index contributed by atoms with van der Waals surface area (Å²) in [6.07, 6.45) is 0. The SMILES string of the molecule is [2H]c1c([2H])c(-n2c3c([2H])c([2H])c([2H])c([2H])c3c3c([2H])c([2H])c([2H])c([2H])c32)c([2H])c2c1B1c3cc(-c4ccccc4)ccc3N(c3c(-c4ccccc4)cccc3-c3ccccc3)c3cc4c(c(c31)O2)B1c2ccc(-c3ccccc3)cc2N(c2c(-c3ccccc3)cccc2-c2ccccc2)c2cc(C(C)(C)C)cc(c21)N4c1c(-c2ccccc2)cccc1-c1ccccc1. The molecule has 0 unspecified atom stereocenters. The summed E-state index contributed by atoms with van der Waals surface area (Å²) in [6.45, 7) is 4.97. The average molecular weight is 1530 g/mol. The number of hydrogen-bond donors (Lipinski definition) is 0. The van der Waals surface area contributed by atoms with Gasteiger partial charge in [0, 0.05) is 90.0 Å². The molecule has 0 bridgehead atoms. The number of rotatable bonds is 12. The second-order valence-corrected chi connectivity index (χ2v) is 32.1. The predicted octanol–water partition coefficient (Wildman–Crippen LogP) is 25.9. The van der Waals surface area contributed by atoms with Gasteiger partial charge in [0.2, 0.25) is 0 Å². The van der Waals surface area contributed by atoms with Gasteiger partial charge in [-0.3, -0.25) is 0 Å². The van der Waals surface area contributed by atoms with E-state index in [0.717, 1.165) is 145 Å². The maximum Gasteiger partial charge on any atom is 0.256 e. The van der Waals surface area contributed by atoms with E-state index in [-0.39, 0.29) is 44.7 Å². The fraction of sp³-hybridized carbons (Fsp3) is 0.0357. The lowest BCUT2D eigenvalue weighted by Gasteiger charge is -2.49. The number of ether oxygens (including phenoxy) is 1. The number of anilines is 9. The molecule has 0 saturated heterocycles. The smallest absolute Gasteiger partial charge is 0.256 e. The fourth-order valence-electron chi connectivity index (χ4n) is 19.0. The Morgan fingerprint density at radius 2 is 0.639 bits per heavy atom. The Morgan fingerprint density at radius 3 is 1.06 bits per heavy atom. The van der Waals surface area contributed by atoms with Crippen LogP contribution in [0.1, 0.15) is 41.4 Å². The normalized spacial score (nSPS) is 14.1. The molecule has 0 spiro atoms. The molecule has 0 fully saturated rings. The van der Waals surface area contributed by atoms with Crippen molar-refractivity contribution in [3.8, 4) is 106 Å². The van der Waals surface area contributed by atoms with Crippen molar-refractivity contribution in [1.82, 2.24) is 4.57 Å². The summed E-state index contributed by atoms with van der Waals surface area (Å²) < 4.78 is 120. The lowest BCUT2D eigenvalue weighted by Crippen LogP contribution is -2.65. The van der Waals surface area contributed by atoms with Gasteiger partial charge in [0.15, 0.2) is 0 Å². The highest BCUT2D eigenvalue weighted by Gasteiger charge is 2.52. The van der Waals surface area contributed by atoms with Crippen LogP contribution in [0.4, 0.5) is 51.2 Å². The van der Waals surface area contributed by atoms with Crippen molar-refractivity contribution in [3.63, 3.8) is 0 Å². The number of nitrogens with zero attached hydrogens (tertiary/aromatic N) is 4. The van der Waals surface area contributed by atoms with Crippen LogP contribution in [0.2, 0.25) is 0 Å². The van der Waals surface area contributed by atoms with Crippen molar-refractivity contribution >= 4 is 119 Å². The maximum atomic E-state index is 11.6. The Kier molecular flexibility index (Phi) is 13.8. The second-order valence-electron chi connectivity index (χ2n) is 32.1. The van der Waals surface area contributed by atoms with E-state index >= 15 is 0 Å². The predicted molar refractivity (Wildman–Crippen MR) is 503 cm³/mol. The molecule has 0 atom stereocenters. The molecule has 4 aliphatic heterocycles. The van der Waals surface area contributed by atoms with E-state index in [1.165, 1.54) is 4.57 Å². The van der Waals surface area contributed by atoms with E-state index in [0.29, 0.717) is 33.5 Å². The first kappa shape index (κ1) is 58.9. The standard InChI is InChI=1S/C112H78B2N4O/c1-112(2,3)83-69-100-105-101(70-83)118(110-89(79-47-24-10-25-48-79)57-34-58-90(110)80-49-26-11-27-50-80)103-72-102-106-111(107(103)114(105)93-64-61-82(74-37-14-5-15-38-74)68-99(93)117(100)109-87(77-43-20-8-21-44-77)55-33-56-88(109)78-45-22-9-23-46-78)119-104-71-84(115-96-59-30-28-51-91(96)92-52-29-31-60-97(92)115)63-65-94(104)113(106)95-67-81(73-35-12-4-13-36-73)62-66-98(95)116(102)108-85(75-39-16-6-17-40-75)53-32-54-86(108)76-41-18-7-19-42-76/h4-72H,1-3H3/i28D,29D,30D,31D,51D,52D,59D,60D,63D,65D,71D. The third kappa shape index (κ3) is 11.2. The number of fused-ring (bicyclic) bond motifs is 12. The topological polar surface area (TPSA) is 23.9 Å². The van der Waals surface area contributed by atoms with Crippen molar-refractivity contribution in [2.45, 2.75) is 26.2 Å². The highest BCUT2D eigenvalue weighted by atomic mass is 16.5. The van der Waals surface area contributed by atoms with Gasteiger partial charge in [0.1, 0.15) is 11.5 Å². The Labute approximate surface area is 710 Å². The summed E-state index contributed by atoms with van der Waals surface area (Å²) in [5.74, 6) is 0.207. The van der Waals surface area contributed by atoms with Crippen LogP contribution >= 0.6 is 0 Å². The second kappa shape index (κ2) is 27.9. The van der Waals surface area contributed by atoms with Crippen LogP contribution in [-0.2, 0) is 5.41 Å². The molecule has 5 heterocycles. The number of benzene rings is 18. The van der Waals surface area contributed by atoms with Crippen molar-refractivity contribution < 1.29 is 19.8 Å². The third-order valence-electron chi connectivity index (χ3n) is 24.4. The van der Waals surface area contributed by atoms with Gasteiger partial charge < -0.3 is 24.0 Å². The van der Waals surface area contributed by atoms with Gasteiger partial charge in [-0.2, -0.15) is 0 Å². The molecule has 7 heteroatoms.